The van der Waals surface area contributed by atoms with Crippen LogP contribution in [0, 0.1) is 6.92 Å². The highest BCUT2D eigenvalue weighted by molar-refractivity contribution is 7.12. The summed E-state index contributed by atoms with van der Waals surface area (Å²) in [4.78, 5) is 10.1. The van der Waals surface area contributed by atoms with E-state index in [0.717, 1.165) is 13.1 Å². The van der Waals surface area contributed by atoms with Crippen LogP contribution in [-0.2, 0) is 13.1 Å². The Balaban J connectivity index is 1.77. The smallest absolute Gasteiger partial charge is 0.0274 e. The van der Waals surface area contributed by atoms with Gasteiger partial charge in [-0.2, -0.15) is 0 Å². The van der Waals surface area contributed by atoms with E-state index in [1.807, 2.05) is 11.3 Å². The second-order valence-corrected chi connectivity index (χ2v) is 7.26. The molecule has 114 valence electrons. The molecule has 0 saturated carbocycles. The average molecular weight is 296 g/mol. The van der Waals surface area contributed by atoms with Crippen LogP contribution in [0.4, 0.5) is 0 Å². The first kappa shape index (κ1) is 15.9. The molecule has 1 aliphatic heterocycles. The number of nitrogens with two attached hydrogens (primary N) is 1. The predicted octanol–water partition coefficient (Wildman–Crippen LogP) is 1.19. The summed E-state index contributed by atoms with van der Waals surface area (Å²) >= 11 is 1.85. The van der Waals surface area contributed by atoms with Gasteiger partial charge < -0.3 is 10.6 Å². The van der Waals surface area contributed by atoms with E-state index in [2.05, 4.69) is 41.8 Å². The van der Waals surface area contributed by atoms with Crippen LogP contribution in [-0.4, -0.2) is 68.1 Å². The molecule has 0 unspecified atom stereocenters. The fourth-order valence-corrected chi connectivity index (χ4v) is 3.53. The van der Waals surface area contributed by atoms with Gasteiger partial charge in [0.15, 0.2) is 0 Å². The van der Waals surface area contributed by atoms with Gasteiger partial charge in [0.05, 0.1) is 0 Å². The molecular formula is C15H28N4S. The minimum atomic E-state index is 0.670. The van der Waals surface area contributed by atoms with Crippen molar-refractivity contribution in [3.05, 3.63) is 21.4 Å². The summed E-state index contributed by atoms with van der Waals surface area (Å²) in [5.74, 6) is 0. The summed E-state index contributed by atoms with van der Waals surface area (Å²) in [6.07, 6.45) is 0. The van der Waals surface area contributed by atoms with Gasteiger partial charge in [-0.3, -0.25) is 9.80 Å². The average Bonchev–Trinajstić information content (AvgIpc) is 2.78. The van der Waals surface area contributed by atoms with Crippen molar-refractivity contribution in [2.24, 2.45) is 5.73 Å². The fraction of sp³-hybridized carbons (Fsp3) is 0.733. The van der Waals surface area contributed by atoms with Crippen molar-refractivity contribution in [3.8, 4) is 0 Å². The molecule has 0 bridgehead atoms. The Morgan fingerprint density at radius 1 is 1.20 bits per heavy atom. The third kappa shape index (κ3) is 4.53. The molecular weight excluding hydrogens is 268 g/mol. The number of piperazine rings is 1. The minimum Gasteiger partial charge on any atom is -0.326 e. The van der Waals surface area contributed by atoms with Gasteiger partial charge in [0.1, 0.15) is 0 Å². The maximum Gasteiger partial charge on any atom is 0.0274 e. The number of hydrogen-bond acceptors (Lipinski definition) is 5. The molecule has 1 aromatic heterocycles. The molecule has 1 aliphatic rings. The first-order valence-electron chi connectivity index (χ1n) is 7.46. The number of thiophene rings is 1. The monoisotopic (exact) mass is 296 g/mol. The van der Waals surface area contributed by atoms with Crippen LogP contribution in [0.5, 0.6) is 0 Å². The molecule has 0 amide bonds. The van der Waals surface area contributed by atoms with Crippen molar-refractivity contribution >= 4 is 11.3 Å². The molecule has 0 aliphatic carbocycles. The van der Waals surface area contributed by atoms with Crippen LogP contribution in [0.3, 0.4) is 0 Å². The van der Waals surface area contributed by atoms with E-state index >= 15 is 0 Å². The summed E-state index contributed by atoms with van der Waals surface area (Å²) in [6, 6.07) is 2.29. The Labute approximate surface area is 127 Å². The number of likely N-dealkylation sites (N-methyl/N-ethyl adjacent to an activating group) is 1. The van der Waals surface area contributed by atoms with Crippen molar-refractivity contribution in [2.75, 3.05) is 53.4 Å². The molecule has 2 heterocycles. The molecule has 1 saturated heterocycles. The Morgan fingerprint density at radius 2 is 1.85 bits per heavy atom. The lowest BCUT2D eigenvalue weighted by Gasteiger charge is -2.35. The van der Waals surface area contributed by atoms with Crippen molar-refractivity contribution in [1.82, 2.24) is 14.7 Å². The van der Waals surface area contributed by atoms with Crippen LogP contribution in [0.15, 0.2) is 6.07 Å². The number of hydrogen-bond donors (Lipinski definition) is 1. The molecule has 0 atom stereocenters. The number of aryl methyl sites for hydroxylation is 1. The zero-order chi connectivity index (χ0) is 14.5. The van der Waals surface area contributed by atoms with Crippen LogP contribution in [0.2, 0.25) is 0 Å². The van der Waals surface area contributed by atoms with E-state index in [-0.39, 0.29) is 0 Å². The molecule has 5 heteroatoms. The van der Waals surface area contributed by atoms with Crippen LogP contribution >= 0.6 is 11.3 Å². The highest BCUT2D eigenvalue weighted by Crippen LogP contribution is 2.23. The zero-order valence-corrected chi connectivity index (χ0v) is 13.9. The van der Waals surface area contributed by atoms with Crippen molar-refractivity contribution in [1.29, 1.82) is 0 Å². The highest BCUT2D eigenvalue weighted by atomic mass is 32.1. The minimum absolute atomic E-state index is 0.670. The Morgan fingerprint density at radius 3 is 2.40 bits per heavy atom. The maximum atomic E-state index is 5.73. The summed E-state index contributed by atoms with van der Waals surface area (Å²) < 4.78 is 0. The topological polar surface area (TPSA) is 35.7 Å². The molecule has 2 rings (SSSR count). The van der Waals surface area contributed by atoms with Crippen LogP contribution in [0.25, 0.3) is 0 Å². The van der Waals surface area contributed by atoms with Crippen molar-refractivity contribution in [3.63, 3.8) is 0 Å². The molecule has 1 fully saturated rings. The molecule has 20 heavy (non-hydrogen) atoms. The van der Waals surface area contributed by atoms with Gasteiger partial charge >= 0.3 is 0 Å². The summed E-state index contributed by atoms with van der Waals surface area (Å²) in [5.41, 5.74) is 7.20. The maximum absolute atomic E-state index is 5.73. The SMILES string of the molecule is Cc1sc(CN)cc1CN1CCN(CCN(C)C)CC1. The van der Waals surface area contributed by atoms with E-state index in [4.69, 9.17) is 5.73 Å². The van der Waals surface area contributed by atoms with Crippen molar-refractivity contribution < 1.29 is 0 Å². The Kier molecular flexibility index (Phi) is 5.99. The molecule has 4 nitrogen and oxygen atoms in total. The summed E-state index contributed by atoms with van der Waals surface area (Å²) in [6.45, 7) is 11.1. The molecule has 0 radical (unpaired) electrons. The zero-order valence-electron chi connectivity index (χ0n) is 13.1. The Hall–Kier alpha value is -0.460. The number of nitrogens with zero attached hydrogens (tertiary/aromatic N) is 3. The van der Waals surface area contributed by atoms with Gasteiger partial charge in [-0.25, -0.2) is 0 Å². The largest absolute Gasteiger partial charge is 0.326 e. The van der Waals surface area contributed by atoms with Gasteiger partial charge in [-0.05, 0) is 32.6 Å². The van der Waals surface area contributed by atoms with E-state index in [1.165, 1.54) is 48.0 Å². The van der Waals surface area contributed by atoms with Gasteiger partial charge in [0, 0.05) is 62.1 Å². The van der Waals surface area contributed by atoms with Crippen LogP contribution < -0.4 is 5.73 Å². The summed E-state index contributed by atoms with van der Waals surface area (Å²) in [7, 11) is 4.29. The summed E-state index contributed by atoms with van der Waals surface area (Å²) in [5, 5.41) is 0. The molecule has 1 aromatic rings. The van der Waals surface area contributed by atoms with Gasteiger partial charge in [-0.15, -0.1) is 11.3 Å². The lowest BCUT2D eigenvalue weighted by atomic mass is 10.2. The normalized spacial score (nSPS) is 18.1. The third-order valence-corrected chi connectivity index (χ3v) is 5.11. The van der Waals surface area contributed by atoms with E-state index in [1.54, 1.807) is 0 Å². The third-order valence-electron chi connectivity index (χ3n) is 4.00. The van der Waals surface area contributed by atoms with Crippen LogP contribution in [0.1, 0.15) is 15.3 Å². The van der Waals surface area contributed by atoms with E-state index in [0.29, 0.717) is 6.54 Å². The molecule has 0 spiro atoms. The standard InChI is InChI=1S/C15H28N4S/c1-13-14(10-15(11-16)20-13)12-19-8-6-18(7-9-19)5-4-17(2)3/h10H,4-9,11-12,16H2,1-3H3. The first-order valence-corrected chi connectivity index (χ1v) is 8.28. The quantitative estimate of drug-likeness (QED) is 0.855. The lowest BCUT2D eigenvalue weighted by molar-refractivity contribution is 0.120. The first-order chi connectivity index (χ1) is 9.58. The highest BCUT2D eigenvalue weighted by Gasteiger charge is 2.18. The number of rotatable bonds is 6. The second kappa shape index (κ2) is 7.52. The second-order valence-electron chi connectivity index (χ2n) is 5.92. The molecule has 2 N–H and O–H groups in total. The predicted molar refractivity (Wildman–Crippen MR) is 87.2 cm³/mol. The van der Waals surface area contributed by atoms with E-state index < -0.39 is 0 Å². The van der Waals surface area contributed by atoms with Crippen molar-refractivity contribution in [2.45, 2.75) is 20.0 Å². The lowest BCUT2D eigenvalue weighted by Crippen LogP contribution is -2.47. The van der Waals surface area contributed by atoms with E-state index in [9.17, 15) is 0 Å². The fourth-order valence-electron chi connectivity index (χ4n) is 2.60. The Bertz CT molecular complexity index is 408. The van der Waals surface area contributed by atoms with Gasteiger partial charge in [-0.1, -0.05) is 0 Å². The molecule has 0 aromatic carbocycles. The van der Waals surface area contributed by atoms with Gasteiger partial charge in [0.2, 0.25) is 0 Å². The van der Waals surface area contributed by atoms with Gasteiger partial charge in [0.25, 0.3) is 0 Å².